The van der Waals surface area contributed by atoms with Crippen molar-refractivity contribution in [2.45, 2.75) is 39.7 Å². The fourth-order valence-corrected chi connectivity index (χ4v) is 2.92. The predicted octanol–water partition coefficient (Wildman–Crippen LogP) is 0.991. The Balaban J connectivity index is 2.36. The molecule has 1 aliphatic heterocycles. The molecule has 1 aliphatic rings. The summed E-state index contributed by atoms with van der Waals surface area (Å²) in [6, 6.07) is -0.0712. The van der Waals surface area contributed by atoms with Gasteiger partial charge in [0.15, 0.2) is 11.2 Å². The summed E-state index contributed by atoms with van der Waals surface area (Å²) in [4.78, 5) is 29.4. The minimum absolute atomic E-state index is 0.0712. The molecule has 1 atom stereocenters. The van der Waals surface area contributed by atoms with Crippen LogP contribution < -0.4 is 16.3 Å². The van der Waals surface area contributed by atoms with Crippen molar-refractivity contribution in [1.29, 1.82) is 0 Å². The van der Waals surface area contributed by atoms with E-state index < -0.39 is 0 Å². The number of aromatic nitrogens is 4. The van der Waals surface area contributed by atoms with Gasteiger partial charge in [0, 0.05) is 20.6 Å². The van der Waals surface area contributed by atoms with Crippen molar-refractivity contribution in [2.24, 2.45) is 19.2 Å². The molecule has 0 fully saturated rings. The van der Waals surface area contributed by atoms with Crippen molar-refractivity contribution in [3.8, 4) is 0 Å². The number of aryl methyl sites for hydroxylation is 1. The highest BCUT2D eigenvalue weighted by atomic mass is 16.2. The summed E-state index contributed by atoms with van der Waals surface area (Å²) in [6.07, 6.45) is 2.02. The Hall–Kier alpha value is -2.38. The summed E-state index contributed by atoms with van der Waals surface area (Å²) in [7, 11) is 3.13. The van der Waals surface area contributed by atoms with Crippen molar-refractivity contribution >= 4 is 22.8 Å². The van der Waals surface area contributed by atoms with Crippen LogP contribution in [0.25, 0.3) is 11.2 Å². The minimum atomic E-state index is -0.372. The maximum Gasteiger partial charge on any atom is 0.332 e. The van der Waals surface area contributed by atoms with Gasteiger partial charge < -0.3 is 0 Å². The molecule has 0 bridgehead atoms. The first-order chi connectivity index (χ1) is 10.9. The minimum Gasteiger partial charge on any atom is -0.294 e. The number of hydrogen-bond donors (Lipinski definition) is 0. The monoisotopic (exact) mass is 318 g/mol. The Labute approximate surface area is 133 Å². The van der Waals surface area contributed by atoms with Crippen LogP contribution in [-0.2, 0) is 14.1 Å². The van der Waals surface area contributed by atoms with Crippen LogP contribution in [0.4, 0.5) is 5.95 Å². The first-order valence-electron chi connectivity index (χ1n) is 7.89. The first-order valence-corrected chi connectivity index (χ1v) is 7.89. The van der Waals surface area contributed by atoms with E-state index in [0.29, 0.717) is 17.1 Å². The normalized spacial score (nSPS) is 17.5. The van der Waals surface area contributed by atoms with Gasteiger partial charge in [-0.3, -0.25) is 18.5 Å². The van der Waals surface area contributed by atoms with Gasteiger partial charge in [0.1, 0.15) is 0 Å². The van der Waals surface area contributed by atoms with Gasteiger partial charge >= 0.3 is 5.69 Å². The first kappa shape index (κ1) is 15.5. The molecule has 8 nitrogen and oxygen atoms in total. The van der Waals surface area contributed by atoms with E-state index in [0.717, 1.165) is 29.7 Å². The molecule has 124 valence electrons. The molecule has 2 aromatic heterocycles. The zero-order valence-electron chi connectivity index (χ0n) is 14.2. The third-order valence-corrected chi connectivity index (χ3v) is 4.50. The van der Waals surface area contributed by atoms with Crippen LogP contribution in [0.2, 0.25) is 0 Å². The molecule has 0 amide bonds. The molecule has 0 radical (unpaired) electrons. The van der Waals surface area contributed by atoms with Crippen LogP contribution in [0.5, 0.6) is 0 Å². The van der Waals surface area contributed by atoms with E-state index in [4.69, 9.17) is 0 Å². The Bertz CT molecular complexity index is 917. The van der Waals surface area contributed by atoms with E-state index in [9.17, 15) is 9.59 Å². The Kier molecular flexibility index (Phi) is 3.62. The highest BCUT2D eigenvalue weighted by Gasteiger charge is 2.29. The van der Waals surface area contributed by atoms with E-state index >= 15 is 0 Å². The van der Waals surface area contributed by atoms with Crippen molar-refractivity contribution in [3.05, 3.63) is 20.8 Å². The van der Waals surface area contributed by atoms with Crippen LogP contribution in [0, 0.1) is 0 Å². The lowest BCUT2D eigenvalue weighted by Gasteiger charge is -2.29. The van der Waals surface area contributed by atoms with Gasteiger partial charge in [-0.25, -0.2) is 9.80 Å². The molecular formula is C15H22N6O2. The van der Waals surface area contributed by atoms with E-state index in [-0.39, 0.29) is 17.3 Å². The van der Waals surface area contributed by atoms with Crippen LogP contribution in [0.1, 0.15) is 39.7 Å². The third kappa shape index (κ3) is 2.12. The van der Waals surface area contributed by atoms with E-state index in [1.165, 1.54) is 11.6 Å². The summed E-state index contributed by atoms with van der Waals surface area (Å²) in [5, 5.41) is 6.45. The van der Waals surface area contributed by atoms with E-state index in [1.54, 1.807) is 7.05 Å². The SMILES string of the molecule is CCCCN1N=C(C)[C@H](C)n2c1nc1c2c(=O)n(C)c(=O)n1C. The number of hydrogen-bond acceptors (Lipinski definition) is 5. The second-order valence-corrected chi connectivity index (χ2v) is 6.05. The van der Waals surface area contributed by atoms with E-state index in [2.05, 4.69) is 17.0 Å². The fraction of sp³-hybridized carbons (Fsp3) is 0.600. The second kappa shape index (κ2) is 5.36. The average molecular weight is 318 g/mol. The van der Waals surface area contributed by atoms with Crippen molar-refractivity contribution in [3.63, 3.8) is 0 Å². The molecule has 0 N–H and O–H groups in total. The quantitative estimate of drug-likeness (QED) is 0.845. The largest absolute Gasteiger partial charge is 0.332 e. The molecule has 3 heterocycles. The maximum atomic E-state index is 12.6. The standard InChI is InChI=1S/C15H22N6O2/c1-6-7-8-20-14-16-12-11(21(14)10(3)9(2)17-20)13(22)19(5)15(23)18(12)4/h10H,6-8H2,1-5H3/t10-/m0/s1. The molecule has 0 spiro atoms. The molecule has 0 saturated carbocycles. The number of imidazole rings is 1. The van der Waals surface area contributed by atoms with Gasteiger partial charge in [0.05, 0.1) is 11.8 Å². The smallest absolute Gasteiger partial charge is 0.294 e. The topological polar surface area (TPSA) is 77.4 Å². The Morgan fingerprint density at radius 2 is 1.87 bits per heavy atom. The second-order valence-electron chi connectivity index (χ2n) is 6.05. The Morgan fingerprint density at radius 3 is 2.52 bits per heavy atom. The molecule has 23 heavy (non-hydrogen) atoms. The van der Waals surface area contributed by atoms with Crippen molar-refractivity contribution in [1.82, 2.24) is 18.7 Å². The molecule has 0 aromatic carbocycles. The lowest BCUT2D eigenvalue weighted by molar-refractivity contribution is 0.621. The summed E-state index contributed by atoms with van der Waals surface area (Å²) < 4.78 is 4.44. The van der Waals surface area contributed by atoms with Gasteiger partial charge in [-0.2, -0.15) is 10.1 Å². The lowest BCUT2D eigenvalue weighted by Crippen LogP contribution is -2.38. The van der Waals surface area contributed by atoms with Gasteiger partial charge in [0.2, 0.25) is 5.95 Å². The predicted molar refractivity (Wildman–Crippen MR) is 90.3 cm³/mol. The number of unbranched alkanes of at least 4 members (excludes halogenated alkanes) is 1. The van der Waals surface area contributed by atoms with Gasteiger partial charge in [-0.15, -0.1) is 0 Å². The zero-order chi connectivity index (χ0) is 16.9. The lowest BCUT2D eigenvalue weighted by atomic mass is 10.2. The number of hydrazone groups is 1. The van der Waals surface area contributed by atoms with Crippen LogP contribution in [0.3, 0.4) is 0 Å². The van der Waals surface area contributed by atoms with Crippen molar-refractivity contribution in [2.75, 3.05) is 11.6 Å². The van der Waals surface area contributed by atoms with Gasteiger partial charge in [0.25, 0.3) is 5.56 Å². The highest BCUT2D eigenvalue weighted by Crippen LogP contribution is 2.29. The van der Waals surface area contributed by atoms with Crippen LogP contribution in [-0.4, -0.2) is 30.9 Å². The molecule has 0 unspecified atom stereocenters. The highest BCUT2D eigenvalue weighted by molar-refractivity contribution is 5.90. The van der Waals surface area contributed by atoms with Gasteiger partial charge in [-0.1, -0.05) is 13.3 Å². The summed E-state index contributed by atoms with van der Waals surface area (Å²) in [5.41, 5.74) is 1.09. The zero-order valence-corrected chi connectivity index (χ0v) is 14.2. The molecule has 2 aromatic rings. The number of anilines is 1. The molecule has 0 aliphatic carbocycles. The fourth-order valence-electron chi connectivity index (χ4n) is 2.92. The maximum absolute atomic E-state index is 12.6. The van der Waals surface area contributed by atoms with Crippen molar-refractivity contribution < 1.29 is 0 Å². The number of fused-ring (bicyclic) bond motifs is 3. The number of rotatable bonds is 3. The van der Waals surface area contributed by atoms with Crippen LogP contribution >= 0.6 is 0 Å². The van der Waals surface area contributed by atoms with Crippen LogP contribution in [0.15, 0.2) is 14.7 Å². The summed E-state index contributed by atoms with van der Waals surface area (Å²) in [6.45, 7) is 6.79. The molecular weight excluding hydrogens is 296 g/mol. The Morgan fingerprint density at radius 1 is 1.17 bits per heavy atom. The molecule has 8 heteroatoms. The summed E-state index contributed by atoms with van der Waals surface area (Å²) in [5.74, 6) is 0.629. The van der Waals surface area contributed by atoms with E-state index in [1.807, 2.05) is 23.4 Å². The molecule has 0 saturated heterocycles. The average Bonchev–Trinajstić information content (AvgIpc) is 2.94. The summed E-state index contributed by atoms with van der Waals surface area (Å²) >= 11 is 0. The van der Waals surface area contributed by atoms with Gasteiger partial charge in [-0.05, 0) is 20.3 Å². The third-order valence-electron chi connectivity index (χ3n) is 4.50. The number of nitrogens with zero attached hydrogens (tertiary/aromatic N) is 6. The molecule has 3 rings (SSSR count).